The van der Waals surface area contributed by atoms with Crippen LogP contribution in [-0.2, 0) is 21.4 Å². The van der Waals surface area contributed by atoms with Crippen LogP contribution in [0.5, 0.6) is 0 Å². The molecule has 0 spiro atoms. The molecule has 1 aliphatic carbocycles. The topological polar surface area (TPSA) is 96.6 Å². The number of hydrogen-bond donors (Lipinski definition) is 0. The van der Waals surface area contributed by atoms with E-state index >= 15 is 0 Å². The lowest BCUT2D eigenvalue weighted by molar-refractivity contribution is -0.140. The van der Waals surface area contributed by atoms with Crippen LogP contribution in [-0.4, -0.2) is 52.8 Å². The first kappa shape index (κ1) is 24.1. The number of thiophene rings is 1. The highest BCUT2D eigenvalue weighted by atomic mass is 32.2. The second-order valence-electron chi connectivity index (χ2n) is 9.41. The summed E-state index contributed by atoms with van der Waals surface area (Å²) in [6.07, 6.45) is 5.37. The van der Waals surface area contributed by atoms with Crippen LogP contribution >= 0.6 is 11.3 Å². The van der Waals surface area contributed by atoms with E-state index in [0.717, 1.165) is 36.1 Å². The van der Waals surface area contributed by atoms with Gasteiger partial charge in [0.25, 0.3) is 0 Å². The lowest BCUT2D eigenvalue weighted by Crippen LogP contribution is -2.48. The molecule has 5 rings (SSSR count). The number of piperidine rings is 1. The molecule has 0 unspecified atom stereocenters. The molecule has 1 aliphatic heterocycles. The van der Waals surface area contributed by atoms with E-state index in [2.05, 4.69) is 10.1 Å². The van der Waals surface area contributed by atoms with Gasteiger partial charge >= 0.3 is 0 Å². The Balaban J connectivity index is 1.34. The fraction of sp³-hybridized carbons (Fsp3) is 0.480. The van der Waals surface area contributed by atoms with Crippen molar-refractivity contribution in [1.82, 2.24) is 19.3 Å². The van der Waals surface area contributed by atoms with E-state index in [1.807, 2.05) is 29.3 Å². The van der Waals surface area contributed by atoms with E-state index in [4.69, 9.17) is 4.52 Å². The molecule has 1 saturated carbocycles. The highest BCUT2D eigenvalue weighted by Crippen LogP contribution is 2.31. The van der Waals surface area contributed by atoms with Gasteiger partial charge in [0, 0.05) is 19.1 Å². The minimum absolute atomic E-state index is 0.0171. The zero-order valence-electron chi connectivity index (χ0n) is 19.8. The van der Waals surface area contributed by atoms with Gasteiger partial charge < -0.3 is 9.42 Å². The quantitative estimate of drug-likeness (QED) is 0.461. The van der Waals surface area contributed by atoms with Crippen LogP contribution in [0.1, 0.15) is 50.0 Å². The van der Waals surface area contributed by atoms with E-state index in [-0.39, 0.29) is 35.9 Å². The molecule has 3 aromatic rings. The van der Waals surface area contributed by atoms with E-state index < -0.39 is 10.0 Å². The number of aromatic nitrogens is 2. The third-order valence-electron chi connectivity index (χ3n) is 6.96. The van der Waals surface area contributed by atoms with Crippen molar-refractivity contribution in [1.29, 1.82) is 0 Å². The van der Waals surface area contributed by atoms with Gasteiger partial charge in [-0.15, -0.1) is 11.3 Å². The van der Waals surface area contributed by atoms with E-state index in [1.165, 1.54) is 15.6 Å². The number of hydrogen-bond acceptors (Lipinski definition) is 7. The first-order chi connectivity index (χ1) is 16.9. The van der Waals surface area contributed by atoms with E-state index in [1.54, 1.807) is 24.3 Å². The van der Waals surface area contributed by atoms with Gasteiger partial charge in [0.15, 0.2) is 0 Å². The maximum Gasteiger partial charge on any atom is 0.246 e. The summed E-state index contributed by atoms with van der Waals surface area (Å²) in [5.74, 6) is 0.538. The average molecular weight is 515 g/mol. The molecular weight excluding hydrogens is 484 g/mol. The molecule has 1 amide bonds. The zero-order chi connectivity index (χ0) is 24.4. The molecule has 2 aliphatic rings. The van der Waals surface area contributed by atoms with Crippen LogP contribution in [0.25, 0.3) is 10.7 Å². The molecule has 0 N–H and O–H groups in total. The standard InChI is InChI=1S/C25H30N4O4S2/c1-18-10-12-21(13-11-18)35(31,32)28-14-4-6-19(16-28)25(30)29(20-7-2-3-8-20)17-23-26-24(27-33-23)22-9-5-15-34-22/h5,9-13,15,19-20H,2-4,6-8,14,16-17H2,1H3/t19-/m1/s1. The van der Waals surface area contributed by atoms with Crippen LogP contribution in [0.4, 0.5) is 0 Å². The summed E-state index contributed by atoms with van der Waals surface area (Å²) >= 11 is 1.54. The van der Waals surface area contributed by atoms with Crippen molar-refractivity contribution in [2.45, 2.75) is 62.9 Å². The van der Waals surface area contributed by atoms with Gasteiger partial charge in [0.05, 0.1) is 15.7 Å². The summed E-state index contributed by atoms with van der Waals surface area (Å²) < 4.78 is 33.5. The largest absolute Gasteiger partial charge is 0.337 e. The summed E-state index contributed by atoms with van der Waals surface area (Å²) in [6.45, 7) is 2.80. The summed E-state index contributed by atoms with van der Waals surface area (Å²) in [4.78, 5) is 21.4. The van der Waals surface area contributed by atoms with Crippen LogP contribution in [0, 0.1) is 12.8 Å². The van der Waals surface area contributed by atoms with Gasteiger partial charge in [-0.1, -0.05) is 41.8 Å². The molecule has 0 radical (unpaired) electrons. The molecule has 2 fully saturated rings. The molecule has 2 aromatic heterocycles. The molecule has 1 aromatic carbocycles. The number of carbonyl (C=O) groups is 1. The fourth-order valence-corrected chi connectivity index (χ4v) is 7.20. The van der Waals surface area contributed by atoms with Gasteiger partial charge in [0.1, 0.15) is 6.54 Å². The van der Waals surface area contributed by atoms with Crippen molar-refractivity contribution in [2.75, 3.05) is 13.1 Å². The third-order valence-corrected chi connectivity index (χ3v) is 9.70. The number of nitrogens with zero attached hydrogens (tertiary/aromatic N) is 4. The van der Waals surface area contributed by atoms with Crippen molar-refractivity contribution in [3.63, 3.8) is 0 Å². The number of benzene rings is 1. The third kappa shape index (κ3) is 5.19. The molecule has 1 saturated heterocycles. The van der Waals surface area contributed by atoms with Gasteiger partial charge in [-0.05, 0) is 56.2 Å². The Hall–Kier alpha value is -2.56. The van der Waals surface area contributed by atoms with Crippen molar-refractivity contribution < 1.29 is 17.7 Å². The molecular formula is C25H30N4O4S2. The molecule has 35 heavy (non-hydrogen) atoms. The van der Waals surface area contributed by atoms with Crippen molar-refractivity contribution in [3.8, 4) is 10.7 Å². The normalized spacial score (nSPS) is 19.7. The second kappa shape index (κ2) is 10.2. The minimum Gasteiger partial charge on any atom is -0.337 e. The number of amides is 1. The SMILES string of the molecule is Cc1ccc(S(=O)(=O)N2CCC[C@@H](C(=O)N(Cc3nc(-c4cccs4)no3)C3CCCC3)C2)cc1. The highest BCUT2D eigenvalue weighted by molar-refractivity contribution is 7.89. The monoisotopic (exact) mass is 514 g/mol. The number of aryl methyl sites for hydroxylation is 1. The molecule has 0 bridgehead atoms. The average Bonchev–Trinajstić information content (AvgIpc) is 3.65. The van der Waals surface area contributed by atoms with Crippen LogP contribution in [0.3, 0.4) is 0 Å². The summed E-state index contributed by atoms with van der Waals surface area (Å²) in [5, 5.41) is 6.05. The minimum atomic E-state index is -3.65. The van der Waals surface area contributed by atoms with Crippen LogP contribution in [0.2, 0.25) is 0 Å². The van der Waals surface area contributed by atoms with Gasteiger partial charge in [-0.25, -0.2) is 8.42 Å². The van der Waals surface area contributed by atoms with Crippen molar-refractivity contribution in [2.24, 2.45) is 5.92 Å². The van der Waals surface area contributed by atoms with Crippen molar-refractivity contribution >= 4 is 27.3 Å². The van der Waals surface area contributed by atoms with Gasteiger partial charge in [-0.3, -0.25) is 4.79 Å². The first-order valence-electron chi connectivity index (χ1n) is 12.2. The number of carbonyl (C=O) groups excluding carboxylic acids is 1. The molecule has 3 heterocycles. The summed E-state index contributed by atoms with van der Waals surface area (Å²) in [5.41, 5.74) is 1.01. The highest BCUT2D eigenvalue weighted by Gasteiger charge is 2.38. The van der Waals surface area contributed by atoms with Crippen LogP contribution in [0.15, 0.2) is 51.2 Å². The Morgan fingerprint density at radius 3 is 2.63 bits per heavy atom. The predicted octanol–water partition coefficient (Wildman–Crippen LogP) is 4.48. The maximum atomic E-state index is 13.8. The zero-order valence-corrected chi connectivity index (χ0v) is 21.4. The van der Waals surface area contributed by atoms with Crippen molar-refractivity contribution in [3.05, 3.63) is 53.2 Å². The number of sulfonamides is 1. The summed E-state index contributed by atoms with van der Waals surface area (Å²) in [7, 11) is -3.65. The lowest BCUT2D eigenvalue weighted by atomic mass is 9.97. The first-order valence-corrected chi connectivity index (χ1v) is 14.5. The van der Waals surface area contributed by atoms with E-state index in [0.29, 0.717) is 31.1 Å². The molecule has 10 heteroatoms. The Morgan fingerprint density at radius 2 is 1.91 bits per heavy atom. The van der Waals surface area contributed by atoms with Gasteiger partial charge in [-0.2, -0.15) is 9.29 Å². The smallest absolute Gasteiger partial charge is 0.246 e. The van der Waals surface area contributed by atoms with Gasteiger partial charge in [0.2, 0.25) is 27.6 Å². The lowest BCUT2D eigenvalue weighted by Gasteiger charge is -2.36. The molecule has 1 atom stereocenters. The predicted molar refractivity (Wildman–Crippen MR) is 133 cm³/mol. The molecule has 8 nitrogen and oxygen atoms in total. The number of rotatable bonds is 7. The maximum absolute atomic E-state index is 13.8. The van der Waals surface area contributed by atoms with Crippen LogP contribution < -0.4 is 0 Å². The second-order valence-corrected chi connectivity index (χ2v) is 12.3. The van der Waals surface area contributed by atoms with E-state index in [9.17, 15) is 13.2 Å². The Morgan fingerprint density at radius 1 is 1.14 bits per heavy atom. The Bertz CT molecular complexity index is 1250. The summed E-state index contributed by atoms with van der Waals surface area (Å²) in [6, 6.07) is 10.9. The Kier molecular flexibility index (Phi) is 7.04. The fourth-order valence-electron chi connectivity index (χ4n) is 5.03. The Labute approximate surface area is 210 Å². The molecule has 186 valence electrons.